The van der Waals surface area contributed by atoms with Gasteiger partial charge in [-0.3, -0.25) is 4.79 Å². The molecule has 0 amide bonds. The molecule has 0 atom stereocenters. The van der Waals surface area contributed by atoms with Gasteiger partial charge < -0.3 is 0 Å². The number of nitrogens with zero attached hydrogens (tertiary/aromatic N) is 2. The molecule has 1 aromatic carbocycles. The first-order valence-corrected chi connectivity index (χ1v) is 8.03. The third kappa shape index (κ3) is 3.76. The van der Waals surface area contributed by atoms with E-state index >= 15 is 0 Å². The van der Waals surface area contributed by atoms with Crippen LogP contribution in [0.4, 0.5) is 0 Å². The summed E-state index contributed by atoms with van der Waals surface area (Å²) in [5.74, 6) is 0.603. The molecule has 21 heavy (non-hydrogen) atoms. The highest BCUT2D eigenvalue weighted by Crippen LogP contribution is 2.28. The molecule has 112 valence electrons. The number of carbonyl (C=O) groups excluding carboxylic acids is 1. The van der Waals surface area contributed by atoms with Gasteiger partial charge in [-0.2, -0.15) is 0 Å². The van der Waals surface area contributed by atoms with Crippen molar-refractivity contribution in [1.82, 2.24) is 9.59 Å². The molecule has 0 aliphatic rings. The Morgan fingerprint density at radius 3 is 2.62 bits per heavy atom. The van der Waals surface area contributed by atoms with Crippen LogP contribution in [0.1, 0.15) is 61.1 Å². The quantitative estimate of drug-likeness (QED) is 0.792. The Kier molecular flexibility index (Phi) is 4.57. The van der Waals surface area contributed by atoms with Crippen molar-refractivity contribution in [1.29, 1.82) is 0 Å². The Morgan fingerprint density at radius 1 is 1.29 bits per heavy atom. The van der Waals surface area contributed by atoms with Gasteiger partial charge in [0.15, 0.2) is 0 Å². The third-order valence-electron chi connectivity index (χ3n) is 3.24. The molecule has 1 aromatic heterocycles. The molecule has 0 spiro atoms. The number of ketones is 1. The van der Waals surface area contributed by atoms with Crippen LogP contribution in [-0.2, 0) is 11.8 Å². The van der Waals surface area contributed by atoms with E-state index in [0.29, 0.717) is 10.8 Å². The Morgan fingerprint density at radius 2 is 2.00 bits per heavy atom. The fraction of sp³-hybridized carbons (Fsp3) is 0.471. The lowest BCUT2D eigenvalue weighted by Gasteiger charge is -2.16. The first-order chi connectivity index (χ1) is 9.79. The molecule has 0 N–H and O–H groups in total. The van der Waals surface area contributed by atoms with E-state index < -0.39 is 0 Å². The zero-order valence-electron chi connectivity index (χ0n) is 13.3. The van der Waals surface area contributed by atoms with Crippen LogP contribution in [0.25, 0.3) is 0 Å². The molecule has 0 aliphatic heterocycles. The third-order valence-corrected chi connectivity index (χ3v) is 3.96. The number of hydrogen-bond donors (Lipinski definition) is 0. The number of benzene rings is 1. The average Bonchev–Trinajstić information content (AvgIpc) is 2.86. The Bertz CT molecular complexity index is 638. The highest BCUT2D eigenvalue weighted by Gasteiger charge is 2.26. The second kappa shape index (κ2) is 6.06. The van der Waals surface area contributed by atoms with Crippen molar-refractivity contribution in [3.05, 3.63) is 46.0 Å². The minimum absolute atomic E-state index is 0.0283. The summed E-state index contributed by atoms with van der Waals surface area (Å²) in [6.07, 6.45) is 0.980. The summed E-state index contributed by atoms with van der Waals surface area (Å²) in [4.78, 5) is 13.4. The lowest BCUT2D eigenvalue weighted by Crippen LogP contribution is -2.16. The molecule has 0 aliphatic carbocycles. The number of carbonyl (C=O) groups is 1. The SMILES string of the molecule is CC(C)Cc1cccc(C(=O)c2snnc2C(C)(C)C)c1. The summed E-state index contributed by atoms with van der Waals surface area (Å²) in [6, 6.07) is 7.90. The zero-order valence-corrected chi connectivity index (χ0v) is 14.1. The summed E-state index contributed by atoms with van der Waals surface area (Å²) in [6.45, 7) is 10.5. The van der Waals surface area contributed by atoms with Gasteiger partial charge in [0.1, 0.15) is 4.88 Å². The summed E-state index contributed by atoms with van der Waals surface area (Å²) >= 11 is 1.19. The number of hydrogen-bond acceptors (Lipinski definition) is 4. The van der Waals surface area contributed by atoms with Crippen LogP contribution in [0.3, 0.4) is 0 Å². The van der Waals surface area contributed by atoms with Gasteiger partial charge in [0, 0.05) is 11.0 Å². The van der Waals surface area contributed by atoms with Crippen molar-refractivity contribution in [3.63, 3.8) is 0 Å². The second-order valence-corrected chi connectivity index (χ2v) is 7.58. The van der Waals surface area contributed by atoms with Gasteiger partial charge in [-0.15, -0.1) is 5.10 Å². The monoisotopic (exact) mass is 302 g/mol. The van der Waals surface area contributed by atoms with Crippen molar-refractivity contribution in [2.75, 3.05) is 0 Å². The summed E-state index contributed by atoms with van der Waals surface area (Å²) < 4.78 is 3.98. The van der Waals surface area contributed by atoms with E-state index in [9.17, 15) is 4.79 Å². The van der Waals surface area contributed by atoms with Crippen molar-refractivity contribution in [2.45, 2.75) is 46.5 Å². The summed E-state index contributed by atoms with van der Waals surface area (Å²) in [7, 11) is 0. The van der Waals surface area contributed by atoms with Crippen LogP contribution in [0.2, 0.25) is 0 Å². The van der Waals surface area contributed by atoms with Crippen LogP contribution in [0, 0.1) is 5.92 Å². The molecule has 0 fully saturated rings. The smallest absolute Gasteiger partial charge is 0.206 e. The number of rotatable bonds is 4. The number of aromatic nitrogens is 2. The molecule has 0 bridgehead atoms. The predicted molar refractivity (Wildman–Crippen MR) is 87.0 cm³/mol. The Hall–Kier alpha value is -1.55. The molecule has 4 heteroatoms. The van der Waals surface area contributed by atoms with Gasteiger partial charge in [-0.1, -0.05) is 57.3 Å². The molecule has 0 saturated heterocycles. The summed E-state index contributed by atoms with van der Waals surface area (Å²) in [5, 5.41) is 4.15. The van der Waals surface area contributed by atoms with E-state index in [-0.39, 0.29) is 11.2 Å². The molecule has 2 rings (SSSR count). The Balaban J connectivity index is 2.35. The standard InChI is InChI=1S/C17H22N2OS/c1-11(2)9-12-7-6-8-13(10-12)14(20)15-16(17(3,4)5)18-19-21-15/h6-8,10-11H,9H2,1-5H3. The van der Waals surface area contributed by atoms with Crippen LogP contribution < -0.4 is 0 Å². The molecular formula is C17H22N2OS. The minimum Gasteiger partial charge on any atom is -0.288 e. The molecule has 0 radical (unpaired) electrons. The first kappa shape index (κ1) is 15.8. The van der Waals surface area contributed by atoms with Gasteiger partial charge in [0.25, 0.3) is 0 Å². The van der Waals surface area contributed by atoms with Crippen molar-refractivity contribution in [2.24, 2.45) is 5.92 Å². The predicted octanol–water partition coefficient (Wildman–Crippen LogP) is 4.27. The average molecular weight is 302 g/mol. The first-order valence-electron chi connectivity index (χ1n) is 7.25. The van der Waals surface area contributed by atoms with Gasteiger partial charge >= 0.3 is 0 Å². The molecule has 1 heterocycles. The second-order valence-electron chi connectivity index (χ2n) is 6.83. The largest absolute Gasteiger partial charge is 0.288 e. The Labute approximate surface area is 130 Å². The lowest BCUT2D eigenvalue weighted by molar-refractivity contribution is 0.104. The molecule has 2 aromatic rings. The lowest BCUT2D eigenvalue weighted by atomic mass is 9.89. The fourth-order valence-electron chi connectivity index (χ4n) is 2.27. The summed E-state index contributed by atoms with van der Waals surface area (Å²) in [5.41, 5.74) is 2.54. The van der Waals surface area contributed by atoms with E-state index in [1.54, 1.807) is 0 Å². The van der Waals surface area contributed by atoms with Crippen LogP contribution >= 0.6 is 11.5 Å². The van der Waals surface area contributed by atoms with E-state index in [1.165, 1.54) is 17.1 Å². The topological polar surface area (TPSA) is 42.9 Å². The van der Waals surface area contributed by atoms with E-state index in [1.807, 2.05) is 18.2 Å². The van der Waals surface area contributed by atoms with Gasteiger partial charge in [0.05, 0.1) is 5.69 Å². The van der Waals surface area contributed by atoms with Gasteiger partial charge in [-0.25, -0.2) is 0 Å². The maximum Gasteiger partial charge on any atom is 0.206 e. The highest BCUT2D eigenvalue weighted by atomic mass is 32.1. The fourth-order valence-corrected chi connectivity index (χ4v) is 3.11. The van der Waals surface area contributed by atoms with Crippen LogP contribution in [0.5, 0.6) is 0 Å². The molecule has 3 nitrogen and oxygen atoms in total. The van der Waals surface area contributed by atoms with E-state index in [2.05, 4.69) is 50.3 Å². The maximum atomic E-state index is 12.7. The minimum atomic E-state index is -0.173. The highest BCUT2D eigenvalue weighted by molar-refractivity contribution is 7.08. The van der Waals surface area contributed by atoms with Crippen molar-refractivity contribution in [3.8, 4) is 0 Å². The maximum absolute atomic E-state index is 12.7. The van der Waals surface area contributed by atoms with Crippen molar-refractivity contribution >= 4 is 17.3 Å². The zero-order chi connectivity index (χ0) is 15.6. The van der Waals surface area contributed by atoms with Gasteiger partial charge in [-0.05, 0) is 35.5 Å². The van der Waals surface area contributed by atoms with Crippen molar-refractivity contribution < 1.29 is 4.79 Å². The normalized spacial score (nSPS) is 11.9. The molecule has 0 saturated carbocycles. The van der Waals surface area contributed by atoms with Crippen LogP contribution in [0.15, 0.2) is 24.3 Å². The van der Waals surface area contributed by atoms with E-state index in [4.69, 9.17) is 0 Å². The van der Waals surface area contributed by atoms with Gasteiger partial charge in [0.2, 0.25) is 5.78 Å². The van der Waals surface area contributed by atoms with Crippen LogP contribution in [-0.4, -0.2) is 15.4 Å². The molecular weight excluding hydrogens is 280 g/mol. The molecule has 0 unspecified atom stereocenters. The van der Waals surface area contributed by atoms with E-state index in [0.717, 1.165) is 17.7 Å².